The molecule has 0 aliphatic heterocycles. The molecule has 3 aromatic heterocycles. The van der Waals surface area contributed by atoms with Crippen molar-refractivity contribution in [3.63, 3.8) is 0 Å². The van der Waals surface area contributed by atoms with Gasteiger partial charge in [-0.25, -0.2) is 4.98 Å². The zero-order valence-electron chi connectivity index (χ0n) is 10.1. The van der Waals surface area contributed by atoms with Crippen LogP contribution in [0.5, 0.6) is 5.75 Å². The van der Waals surface area contributed by atoms with E-state index in [1.165, 1.54) is 18.3 Å². The molecule has 0 aliphatic carbocycles. The van der Waals surface area contributed by atoms with Crippen LogP contribution in [-0.2, 0) is 4.79 Å². The van der Waals surface area contributed by atoms with E-state index in [4.69, 9.17) is 4.74 Å². The molecule has 96 valence electrons. The topological polar surface area (TPSA) is 67.0 Å². The number of anilines is 2. The fourth-order valence-electron chi connectivity index (χ4n) is 1.83. The minimum Gasteiger partial charge on any atom is -0.424 e. The van der Waals surface area contributed by atoms with Crippen molar-refractivity contribution in [3.8, 4) is 5.75 Å². The number of aromatic nitrogens is 2. The number of thiophene rings is 1. The summed E-state index contributed by atoms with van der Waals surface area (Å²) in [6, 6.07) is 3.83. The van der Waals surface area contributed by atoms with Gasteiger partial charge in [-0.15, -0.1) is 11.3 Å². The molecule has 0 aromatic carbocycles. The number of nitrogens with one attached hydrogen (secondary N) is 2. The maximum absolute atomic E-state index is 11.0. The van der Waals surface area contributed by atoms with Gasteiger partial charge >= 0.3 is 5.97 Å². The molecule has 0 fully saturated rings. The summed E-state index contributed by atoms with van der Waals surface area (Å²) in [5, 5.41) is 7.94. The highest BCUT2D eigenvalue weighted by molar-refractivity contribution is 7.08. The van der Waals surface area contributed by atoms with Crippen molar-refractivity contribution >= 4 is 39.7 Å². The molecule has 0 saturated carbocycles. The average molecular weight is 273 g/mol. The Bertz CT molecular complexity index is 732. The predicted molar refractivity (Wildman–Crippen MR) is 75.0 cm³/mol. The molecule has 0 unspecified atom stereocenters. The van der Waals surface area contributed by atoms with Crippen molar-refractivity contribution in [1.29, 1.82) is 0 Å². The lowest BCUT2D eigenvalue weighted by molar-refractivity contribution is -0.131. The lowest BCUT2D eigenvalue weighted by Crippen LogP contribution is -2.02. The number of pyridine rings is 1. The van der Waals surface area contributed by atoms with Crippen LogP contribution in [0.2, 0.25) is 0 Å². The highest BCUT2D eigenvalue weighted by Crippen LogP contribution is 2.33. The van der Waals surface area contributed by atoms with Gasteiger partial charge in [0.15, 0.2) is 5.75 Å². The van der Waals surface area contributed by atoms with Crippen LogP contribution >= 0.6 is 11.3 Å². The number of carbonyl (C=O) groups is 1. The number of rotatable bonds is 3. The van der Waals surface area contributed by atoms with Crippen molar-refractivity contribution in [2.45, 2.75) is 6.92 Å². The first-order chi connectivity index (χ1) is 9.24. The molecule has 5 nitrogen and oxygen atoms in total. The summed E-state index contributed by atoms with van der Waals surface area (Å²) in [5.41, 5.74) is 2.50. The third-order valence-electron chi connectivity index (χ3n) is 2.61. The van der Waals surface area contributed by atoms with Gasteiger partial charge in [-0.3, -0.25) is 4.79 Å². The van der Waals surface area contributed by atoms with Gasteiger partial charge in [0, 0.05) is 35.5 Å². The van der Waals surface area contributed by atoms with Crippen LogP contribution in [0.1, 0.15) is 6.92 Å². The summed E-state index contributed by atoms with van der Waals surface area (Å²) in [6.07, 6.45) is 3.56. The monoisotopic (exact) mass is 273 g/mol. The van der Waals surface area contributed by atoms with E-state index in [2.05, 4.69) is 15.3 Å². The van der Waals surface area contributed by atoms with Crippen molar-refractivity contribution in [2.75, 3.05) is 5.32 Å². The minimum absolute atomic E-state index is 0.331. The second kappa shape index (κ2) is 4.74. The molecule has 3 rings (SSSR count). The summed E-state index contributed by atoms with van der Waals surface area (Å²) in [6.45, 7) is 1.39. The van der Waals surface area contributed by atoms with E-state index in [-0.39, 0.29) is 5.97 Å². The summed E-state index contributed by atoms with van der Waals surface area (Å²) < 4.78 is 5.14. The number of carbonyl (C=O) groups excluding carboxylic acids is 1. The van der Waals surface area contributed by atoms with E-state index in [0.717, 1.165) is 22.4 Å². The van der Waals surface area contributed by atoms with E-state index in [1.54, 1.807) is 11.6 Å². The normalized spacial score (nSPS) is 10.6. The highest BCUT2D eigenvalue weighted by atomic mass is 32.1. The van der Waals surface area contributed by atoms with Crippen molar-refractivity contribution in [3.05, 3.63) is 35.3 Å². The minimum atomic E-state index is -0.331. The lowest BCUT2D eigenvalue weighted by atomic mass is 10.3. The number of aromatic amines is 1. The zero-order valence-corrected chi connectivity index (χ0v) is 11.0. The van der Waals surface area contributed by atoms with E-state index in [1.807, 2.05) is 23.7 Å². The quantitative estimate of drug-likeness (QED) is 0.718. The van der Waals surface area contributed by atoms with Gasteiger partial charge in [-0.1, -0.05) is 0 Å². The van der Waals surface area contributed by atoms with Crippen molar-refractivity contribution in [1.82, 2.24) is 9.97 Å². The van der Waals surface area contributed by atoms with Gasteiger partial charge in [0.2, 0.25) is 0 Å². The molecule has 19 heavy (non-hydrogen) atoms. The first-order valence-corrected chi connectivity index (χ1v) is 6.62. The van der Waals surface area contributed by atoms with Gasteiger partial charge in [0.25, 0.3) is 0 Å². The molecule has 0 atom stereocenters. The number of hydrogen-bond donors (Lipinski definition) is 2. The van der Waals surface area contributed by atoms with Gasteiger partial charge in [0.05, 0.1) is 11.4 Å². The summed E-state index contributed by atoms with van der Waals surface area (Å²) in [4.78, 5) is 18.3. The first-order valence-electron chi connectivity index (χ1n) is 5.68. The summed E-state index contributed by atoms with van der Waals surface area (Å²) in [5.74, 6) is 0.209. The Balaban J connectivity index is 1.95. The maximum atomic E-state index is 11.0. The zero-order chi connectivity index (χ0) is 13.2. The number of hydrogen-bond acceptors (Lipinski definition) is 5. The van der Waals surface area contributed by atoms with Crippen molar-refractivity contribution in [2.24, 2.45) is 0 Å². The van der Waals surface area contributed by atoms with Gasteiger partial charge in [-0.05, 0) is 12.1 Å². The van der Waals surface area contributed by atoms with Gasteiger partial charge < -0.3 is 15.0 Å². The van der Waals surface area contributed by atoms with Crippen LogP contribution in [0, 0.1) is 0 Å². The Morgan fingerprint density at radius 1 is 1.37 bits per heavy atom. The summed E-state index contributed by atoms with van der Waals surface area (Å²) >= 11 is 1.47. The molecule has 2 N–H and O–H groups in total. The van der Waals surface area contributed by atoms with Gasteiger partial charge in [0.1, 0.15) is 5.65 Å². The van der Waals surface area contributed by atoms with Crippen LogP contribution in [0.3, 0.4) is 0 Å². The molecule has 0 aliphatic rings. The number of nitrogens with zero attached hydrogens (tertiary/aromatic N) is 1. The van der Waals surface area contributed by atoms with Crippen LogP contribution < -0.4 is 10.1 Å². The third kappa shape index (κ3) is 2.30. The Kier molecular flexibility index (Phi) is 2.92. The highest BCUT2D eigenvalue weighted by Gasteiger charge is 2.10. The molecule has 0 spiro atoms. The van der Waals surface area contributed by atoms with Gasteiger partial charge in [-0.2, -0.15) is 0 Å². The van der Waals surface area contributed by atoms with E-state index >= 15 is 0 Å². The maximum Gasteiger partial charge on any atom is 0.308 e. The molecule has 3 heterocycles. The smallest absolute Gasteiger partial charge is 0.308 e. The number of H-pyrrole nitrogens is 1. The van der Waals surface area contributed by atoms with Crippen LogP contribution in [0.15, 0.2) is 35.3 Å². The predicted octanol–water partition coefficient (Wildman–Crippen LogP) is 3.29. The molecule has 6 heteroatoms. The average Bonchev–Trinajstić information content (AvgIpc) is 2.99. The van der Waals surface area contributed by atoms with Crippen molar-refractivity contribution < 1.29 is 9.53 Å². The summed E-state index contributed by atoms with van der Waals surface area (Å²) in [7, 11) is 0. The SMILES string of the molecule is CC(=O)Oc1cscc1Nc1ccnc2[nH]ccc12. The fourth-order valence-corrected chi connectivity index (χ4v) is 2.50. The van der Waals surface area contributed by atoms with E-state index < -0.39 is 0 Å². The Morgan fingerprint density at radius 3 is 3.11 bits per heavy atom. The lowest BCUT2D eigenvalue weighted by Gasteiger charge is -2.08. The molecule has 0 amide bonds. The first kappa shape index (κ1) is 11.7. The molecular weight excluding hydrogens is 262 g/mol. The Hall–Kier alpha value is -2.34. The van der Waals surface area contributed by atoms with E-state index in [9.17, 15) is 4.79 Å². The largest absolute Gasteiger partial charge is 0.424 e. The molecule has 3 aromatic rings. The Labute approximate surface area is 113 Å². The van der Waals surface area contributed by atoms with Crippen LogP contribution in [-0.4, -0.2) is 15.9 Å². The molecule has 0 bridgehead atoms. The Morgan fingerprint density at radius 2 is 2.26 bits per heavy atom. The van der Waals surface area contributed by atoms with Crippen LogP contribution in [0.25, 0.3) is 11.0 Å². The number of esters is 1. The second-order valence-corrected chi connectivity index (χ2v) is 4.71. The van der Waals surface area contributed by atoms with E-state index in [0.29, 0.717) is 5.75 Å². The third-order valence-corrected chi connectivity index (χ3v) is 3.33. The fraction of sp³-hybridized carbons (Fsp3) is 0.0769. The number of fused-ring (bicyclic) bond motifs is 1. The van der Waals surface area contributed by atoms with Crippen LogP contribution in [0.4, 0.5) is 11.4 Å². The standard InChI is InChI=1S/C13H11N3O2S/c1-8(17)18-12-7-19-6-11(12)16-10-3-5-15-13-9(10)2-4-14-13/h2-7H,1H3,(H2,14,15,16). The molecule has 0 saturated heterocycles. The molecular formula is C13H11N3O2S. The molecule has 0 radical (unpaired) electrons. The number of ether oxygens (including phenoxy) is 1. The second-order valence-electron chi connectivity index (χ2n) is 3.97.